The Kier molecular flexibility index (Phi) is 2.82. The predicted molar refractivity (Wildman–Crippen MR) is 46.9 cm³/mol. The number of carbonyl (C=O) groups excluding carboxylic acids is 1. The fraction of sp³-hybridized carbons (Fsp3) is 0.857. The standard InChI is InChI=1S/C7H13ClN2O3/c1-6(2)4-13-7(8,10-6)5(11)9-12-3/h10H,4H2,1-3H3,(H,9,11). The monoisotopic (exact) mass is 208 g/mol. The predicted octanol–water partition coefficient (Wildman–Crippen LogP) is -0.0450. The van der Waals surface area contributed by atoms with Gasteiger partial charge in [-0.05, 0) is 13.8 Å². The summed E-state index contributed by atoms with van der Waals surface area (Å²) in [5.74, 6) is -0.553. The average Bonchev–Trinajstić information content (AvgIpc) is 2.28. The lowest BCUT2D eigenvalue weighted by molar-refractivity contribution is -0.145. The van der Waals surface area contributed by atoms with E-state index < -0.39 is 11.1 Å². The maximum absolute atomic E-state index is 11.3. The van der Waals surface area contributed by atoms with E-state index in [-0.39, 0.29) is 5.54 Å². The molecule has 1 heterocycles. The lowest BCUT2D eigenvalue weighted by Gasteiger charge is -2.22. The number of amides is 1. The Bertz CT molecular complexity index is 222. The van der Waals surface area contributed by atoms with Crippen LogP contribution in [0, 0.1) is 0 Å². The highest BCUT2D eigenvalue weighted by Crippen LogP contribution is 2.26. The first kappa shape index (κ1) is 10.7. The van der Waals surface area contributed by atoms with E-state index in [2.05, 4.69) is 15.6 Å². The molecule has 0 aromatic carbocycles. The molecule has 0 saturated carbocycles. The van der Waals surface area contributed by atoms with Crippen molar-refractivity contribution in [1.82, 2.24) is 10.8 Å². The van der Waals surface area contributed by atoms with Crippen molar-refractivity contribution < 1.29 is 14.4 Å². The Morgan fingerprint density at radius 3 is 2.69 bits per heavy atom. The Balaban J connectivity index is 2.64. The zero-order valence-corrected chi connectivity index (χ0v) is 8.57. The smallest absolute Gasteiger partial charge is 0.307 e. The Morgan fingerprint density at radius 1 is 1.69 bits per heavy atom. The molecule has 0 radical (unpaired) electrons. The summed E-state index contributed by atoms with van der Waals surface area (Å²) in [6, 6.07) is 0. The van der Waals surface area contributed by atoms with E-state index >= 15 is 0 Å². The lowest BCUT2D eigenvalue weighted by Crippen LogP contribution is -2.54. The molecule has 1 aliphatic heterocycles. The van der Waals surface area contributed by atoms with Crippen molar-refractivity contribution in [1.29, 1.82) is 0 Å². The van der Waals surface area contributed by atoms with Crippen LogP contribution in [-0.2, 0) is 14.4 Å². The number of hydrogen-bond acceptors (Lipinski definition) is 4. The van der Waals surface area contributed by atoms with Crippen LogP contribution in [0.15, 0.2) is 0 Å². The van der Waals surface area contributed by atoms with Gasteiger partial charge in [-0.25, -0.2) is 5.48 Å². The number of carbonyl (C=O) groups is 1. The molecule has 1 aliphatic rings. The second-order valence-corrected chi connectivity index (χ2v) is 4.06. The Labute approximate surface area is 81.7 Å². The molecule has 1 fully saturated rings. The lowest BCUT2D eigenvalue weighted by atomic mass is 10.1. The largest absolute Gasteiger partial charge is 0.337 e. The van der Waals surface area contributed by atoms with Gasteiger partial charge >= 0.3 is 5.91 Å². The van der Waals surface area contributed by atoms with Gasteiger partial charge in [0.25, 0.3) is 5.18 Å². The number of halogens is 1. The normalized spacial score (nSPS) is 31.7. The minimum atomic E-state index is -1.51. The number of hydrogen-bond donors (Lipinski definition) is 2. The third kappa shape index (κ3) is 2.31. The summed E-state index contributed by atoms with van der Waals surface area (Å²) in [6.07, 6.45) is 0. The SMILES string of the molecule is CONC(=O)C1(Cl)NC(C)(C)CO1. The number of nitrogens with one attached hydrogen (secondary N) is 2. The Hall–Kier alpha value is -0.360. The minimum absolute atomic E-state index is 0.313. The fourth-order valence-corrected chi connectivity index (χ4v) is 1.42. The quantitative estimate of drug-likeness (QED) is 0.380. The molecule has 13 heavy (non-hydrogen) atoms. The van der Waals surface area contributed by atoms with Gasteiger partial charge < -0.3 is 4.74 Å². The number of alkyl halides is 1. The summed E-state index contributed by atoms with van der Waals surface area (Å²) >= 11 is 5.86. The molecular weight excluding hydrogens is 196 g/mol. The van der Waals surface area contributed by atoms with Crippen LogP contribution in [0.4, 0.5) is 0 Å². The second-order valence-electron chi connectivity index (χ2n) is 3.53. The van der Waals surface area contributed by atoms with Crippen LogP contribution < -0.4 is 10.8 Å². The minimum Gasteiger partial charge on any atom is -0.337 e. The molecule has 2 N–H and O–H groups in total. The van der Waals surface area contributed by atoms with Crippen molar-refractivity contribution in [2.45, 2.75) is 24.6 Å². The molecular formula is C7H13ClN2O3. The Morgan fingerprint density at radius 2 is 2.31 bits per heavy atom. The zero-order chi connectivity index (χ0) is 10.1. The number of rotatable bonds is 2. The van der Waals surface area contributed by atoms with E-state index in [9.17, 15) is 4.79 Å². The van der Waals surface area contributed by atoms with E-state index in [1.165, 1.54) is 7.11 Å². The molecule has 0 bridgehead atoms. The highest BCUT2D eigenvalue weighted by atomic mass is 35.5. The van der Waals surface area contributed by atoms with E-state index in [0.29, 0.717) is 6.61 Å². The summed E-state index contributed by atoms with van der Waals surface area (Å²) in [4.78, 5) is 15.7. The van der Waals surface area contributed by atoms with Gasteiger partial charge in [0.15, 0.2) is 0 Å². The summed E-state index contributed by atoms with van der Waals surface area (Å²) in [7, 11) is 1.33. The summed E-state index contributed by atoms with van der Waals surface area (Å²) < 4.78 is 5.13. The molecule has 1 amide bonds. The summed E-state index contributed by atoms with van der Waals surface area (Å²) in [5.41, 5.74) is 1.79. The van der Waals surface area contributed by atoms with E-state index in [0.717, 1.165) is 0 Å². The van der Waals surface area contributed by atoms with Crippen LogP contribution in [0.3, 0.4) is 0 Å². The molecule has 76 valence electrons. The molecule has 0 aromatic heterocycles. The molecule has 0 aromatic rings. The third-order valence-electron chi connectivity index (χ3n) is 1.62. The van der Waals surface area contributed by atoms with Crippen LogP contribution in [-0.4, -0.2) is 30.3 Å². The maximum Gasteiger partial charge on any atom is 0.307 e. The van der Waals surface area contributed by atoms with Crippen molar-refractivity contribution in [2.24, 2.45) is 0 Å². The maximum atomic E-state index is 11.3. The van der Waals surface area contributed by atoms with Crippen LogP contribution in [0.1, 0.15) is 13.8 Å². The molecule has 5 nitrogen and oxygen atoms in total. The first-order valence-electron chi connectivity index (χ1n) is 3.85. The topological polar surface area (TPSA) is 59.6 Å². The van der Waals surface area contributed by atoms with Crippen LogP contribution in [0.25, 0.3) is 0 Å². The van der Waals surface area contributed by atoms with Crippen molar-refractivity contribution in [3.05, 3.63) is 0 Å². The molecule has 0 spiro atoms. The average molecular weight is 209 g/mol. The van der Waals surface area contributed by atoms with Gasteiger partial charge in [0, 0.05) is 5.54 Å². The van der Waals surface area contributed by atoms with Gasteiger partial charge in [0.1, 0.15) is 0 Å². The van der Waals surface area contributed by atoms with E-state index in [1.807, 2.05) is 13.8 Å². The van der Waals surface area contributed by atoms with Crippen molar-refractivity contribution in [3.8, 4) is 0 Å². The molecule has 6 heteroatoms. The third-order valence-corrected chi connectivity index (χ3v) is 1.99. The molecule has 0 aliphatic carbocycles. The second kappa shape index (κ2) is 3.42. The highest BCUT2D eigenvalue weighted by molar-refractivity contribution is 6.33. The van der Waals surface area contributed by atoms with Crippen LogP contribution in [0.5, 0.6) is 0 Å². The van der Waals surface area contributed by atoms with Gasteiger partial charge in [-0.15, -0.1) is 0 Å². The van der Waals surface area contributed by atoms with Gasteiger partial charge in [0.2, 0.25) is 0 Å². The highest BCUT2D eigenvalue weighted by Gasteiger charge is 2.48. The first-order valence-corrected chi connectivity index (χ1v) is 4.23. The van der Waals surface area contributed by atoms with Crippen LogP contribution in [0.2, 0.25) is 0 Å². The molecule has 1 rings (SSSR count). The van der Waals surface area contributed by atoms with Crippen molar-refractivity contribution in [2.75, 3.05) is 13.7 Å². The first-order chi connectivity index (χ1) is 5.90. The zero-order valence-electron chi connectivity index (χ0n) is 7.81. The molecule has 1 atom stereocenters. The van der Waals surface area contributed by atoms with Gasteiger partial charge in [0.05, 0.1) is 13.7 Å². The molecule has 1 saturated heterocycles. The van der Waals surface area contributed by atoms with Gasteiger partial charge in [-0.1, -0.05) is 11.6 Å². The van der Waals surface area contributed by atoms with Gasteiger partial charge in [-0.3, -0.25) is 14.9 Å². The summed E-state index contributed by atoms with van der Waals surface area (Å²) in [5, 5.41) is 1.33. The fourth-order valence-electron chi connectivity index (χ4n) is 1.07. The summed E-state index contributed by atoms with van der Waals surface area (Å²) in [6.45, 7) is 4.14. The number of ether oxygens (including phenoxy) is 1. The van der Waals surface area contributed by atoms with Crippen molar-refractivity contribution >= 4 is 17.5 Å². The van der Waals surface area contributed by atoms with Crippen molar-refractivity contribution in [3.63, 3.8) is 0 Å². The van der Waals surface area contributed by atoms with Crippen LogP contribution >= 0.6 is 11.6 Å². The molecule has 1 unspecified atom stereocenters. The van der Waals surface area contributed by atoms with Gasteiger partial charge in [-0.2, -0.15) is 0 Å². The van der Waals surface area contributed by atoms with E-state index in [4.69, 9.17) is 16.3 Å². The number of hydroxylamine groups is 1. The van der Waals surface area contributed by atoms with E-state index in [1.54, 1.807) is 0 Å².